The first kappa shape index (κ1) is 11.5. The Morgan fingerprint density at radius 1 is 1.11 bits per heavy atom. The summed E-state index contributed by atoms with van der Waals surface area (Å²) in [6, 6.07) is 11.9. The molecule has 3 rings (SSSR count). The number of primary amides is 1. The van der Waals surface area contributed by atoms with Gasteiger partial charge in [0.25, 0.3) is 0 Å². The second kappa shape index (κ2) is 4.24. The standard InChI is InChI=1S/C15H11NO3/c16-15(18)9-5-6-13-12(7-9)14(17)11-4-2-1-3-10(11)8-19-13/h1-7H,8H2,(H2,16,18). The predicted octanol–water partition coefficient (Wildman–Crippen LogP) is 1.91. The Balaban J connectivity index is 2.18. The van der Waals surface area contributed by atoms with Crippen molar-refractivity contribution in [1.82, 2.24) is 0 Å². The summed E-state index contributed by atoms with van der Waals surface area (Å²) in [5.41, 5.74) is 7.35. The maximum atomic E-state index is 12.5. The van der Waals surface area contributed by atoms with Crippen LogP contribution in [-0.2, 0) is 6.61 Å². The number of carbonyl (C=O) groups is 2. The molecule has 1 amide bonds. The summed E-state index contributed by atoms with van der Waals surface area (Å²) in [5.74, 6) is -0.231. The molecular formula is C15H11NO3. The molecule has 0 aromatic heterocycles. The summed E-state index contributed by atoms with van der Waals surface area (Å²) in [6.07, 6.45) is 0. The topological polar surface area (TPSA) is 69.4 Å². The third-order valence-electron chi connectivity index (χ3n) is 3.15. The molecular weight excluding hydrogens is 242 g/mol. The summed E-state index contributed by atoms with van der Waals surface area (Å²) in [7, 11) is 0. The molecule has 0 fully saturated rings. The van der Waals surface area contributed by atoms with E-state index < -0.39 is 5.91 Å². The number of nitrogens with two attached hydrogens (primary N) is 1. The van der Waals surface area contributed by atoms with Gasteiger partial charge >= 0.3 is 0 Å². The molecule has 1 heterocycles. The molecule has 0 unspecified atom stereocenters. The van der Waals surface area contributed by atoms with Crippen molar-refractivity contribution in [3.05, 3.63) is 64.7 Å². The Morgan fingerprint density at radius 3 is 2.68 bits per heavy atom. The second-order valence-electron chi connectivity index (χ2n) is 4.35. The summed E-state index contributed by atoms with van der Waals surface area (Å²) in [5, 5.41) is 0. The van der Waals surface area contributed by atoms with Crippen molar-refractivity contribution < 1.29 is 14.3 Å². The van der Waals surface area contributed by atoms with Gasteiger partial charge in [-0.05, 0) is 18.2 Å². The quantitative estimate of drug-likeness (QED) is 0.844. The molecule has 0 radical (unpaired) electrons. The molecule has 0 spiro atoms. The number of amides is 1. The Hall–Kier alpha value is -2.62. The van der Waals surface area contributed by atoms with Crippen LogP contribution in [0.4, 0.5) is 0 Å². The van der Waals surface area contributed by atoms with Crippen LogP contribution in [0.3, 0.4) is 0 Å². The van der Waals surface area contributed by atoms with Gasteiger partial charge in [0.15, 0.2) is 5.78 Å². The number of fused-ring (bicyclic) bond motifs is 2. The monoisotopic (exact) mass is 253 g/mol. The Morgan fingerprint density at radius 2 is 1.89 bits per heavy atom. The summed E-state index contributed by atoms with van der Waals surface area (Å²) in [4.78, 5) is 23.7. The van der Waals surface area contributed by atoms with Crippen molar-refractivity contribution in [3.8, 4) is 5.75 Å². The van der Waals surface area contributed by atoms with Crippen molar-refractivity contribution in [2.24, 2.45) is 5.73 Å². The van der Waals surface area contributed by atoms with Crippen molar-refractivity contribution >= 4 is 11.7 Å². The van der Waals surface area contributed by atoms with Crippen LogP contribution in [0.2, 0.25) is 0 Å². The zero-order valence-corrected chi connectivity index (χ0v) is 10.1. The van der Waals surface area contributed by atoms with E-state index in [1.807, 2.05) is 12.1 Å². The van der Waals surface area contributed by atoms with E-state index >= 15 is 0 Å². The van der Waals surface area contributed by atoms with Gasteiger partial charge in [-0.15, -0.1) is 0 Å². The van der Waals surface area contributed by atoms with Crippen LogP contribution in [0.1, 0.15) is 31.8 Å². The first-order valence-corrected chi connectivity index (χ1v) is 5.86. The number of benzene rings is 2. The number of carbonyl (C=O) groups excluding carboxylic acids is 2. The number of hydrogen-bond donors (Lipinski definition) is 1. The summed E-state index contributed by atoms with van der Waals surface area (Å²) in [6.45, 7) is 0.338. The maximum absolute atomic E-state index is 12.5. The fraction of sp³-hybridized carbons (Fsp3) is 0.0667. The van der Waals surface area contributed by atoms with Crippen LogP contribution < -0.4 is 10.5 Å². The van der Waals surface area contributed by atoms with E-state index in [1.54, 1.807) is 24.3 Å². The van der Waals surface area contributed by atoms with E-state index in [2.05, 4.69) is 0 Å². The highest BCUT2D eigenvalue weighted by Crippen LogP contribution is 2.29. The van der Waals surface area contributed by atoms with Gasteiger partial charge in [0, 0.05) is 16.7 Å². The van der Waals surface area contributed by atoms with Gasteiger partial charge in [0.05, 0.1) is 5.56 Å². The molecule has 0 atom stereocenters. The highest BCUT2D eigenvalue weighted by Gasteiger charge is 2.22. The Bertz CT molecular complexity index is 692. The lowest BCUT2D eigenvalue weighted by Crippen LogP contribution is -2.12. The van der Waals surface area contributed by atoms with Crippen LogP contribution in [0.5, 0.6) is 5.75 Å². The zero-order chi connectivity index (χ0) is 13.4. The molecule has 0 saturated heterocycles. The molecule has 4 nitrogen and oxygen atoms in total. The van der Waals surface area contributed by atoms with Gasteiger partial charge in [-0.25, -0.2) is 0 Å². The molecule has 2 N–H and O–H groups in total. The minimum absolute atomic E-state index is 0.147. The fourth-order valence-electron chi connectivity index (χ4n) is 2.15. The van der Waals surface area contributed by atoms with Crippen LogP contribution in [-0.4, -0.2) is 11.7 Å². The van der Waals surface area contributed by atoms with Gasteiger partial charge in [-0.1, -0.05) is 24.3 Å². The highest BCUT2D eigenvalue weighted by atomic mass is 16.5. The smallest absolute Gasteiger partial charge is 0.248 e. The number of rotatable bonds is 1. The average Bonchev–Trinajstić information content (AvgIpc) is 2.57. The lowest BCUT2D eigenvalue weighted by Gasteiger charge is -2.06. The normalized spacial score (nSPS) is 12.9. The Labute approximate surface area is 109 Å². The van der Waals surface area contributed by atoms with Crippen molar-refractivity contribution in [3.63, 3.8) is 0 Å². The largest absolute Gasteiger partial charge is 0.488 e. The van der Waals surface area contributed by atoms with Crippen molar-refractivity contribution in [2.75, 3.05) is 0 Å². The molecule has 1 aliphatic heterocycles. The lowest BCUT2D eigenvalue weighted by atomic mass is 9.98. The fourth-order valence-corrected chi connectivity index (χ4v) is 2.15. The molecule has 94 valence electrons. The number of hydrogen-bond acceptors (Lipinski definition) is 3. The van der Waals surface area contributed by atoms with E-state index in [0.29, 0.717) is 29.0 Å². The molecule has 0 saturated carbocycles. The van der Waals surface area contributed by atoms with Crippen LogP contribution in [0, 0.1) is 0 Å². The first-order valence-electron chi connectivity index (χ1n) is 5.86. The van der Waals surface area contributed by atoms with Crippen LogP contribution >= 0.6 is 0 Å². The molecule has 2 aromatic rings. The Kier molecular flexibility index (Phi) is 2.56. The van der Waals surface area contributed by atoms with Crippen molar-refractivity contribution in [2.45, 2.75) is 6.61 Å². The van der Waals surface area contributed by atoms with Crippen molar-refractivity contribution in [1.29, 1.82) is 0 Å². The molecule has 4 heteroatoms. The molecule has 2 aromatic carbocycles. The van der Waals surface area contributed by atoms with E-state index in [1.165, 1.54) is 6.07 Å². The van der Waals surface area contributed by atoms with Gasteiger partial charge in [0.2, 0.25) is 5.91 Å². The predicted molar refractivity (Wildman–Crippen MR) is 69.2 cm³/mol. The number of ether oxygens (including phenoxy) is 1. The van der Waals surface area contributed by atoms with E-state index in [4.69, 9.17) is 10.5 Å². The highest BCUT2D eigenvalue weighted by molar-refractivity contribution is 6.13. The second-order valence-corrected chi connectivity index (χ2v) is 4.35. The van der Waals surface area contributed by atoms with Crippen LogP contribution in [0.15, 0.2) is 42.5 Å². The summed E-state index contributed by atoms with van der Waals surface area (Å²) >= 11 is 0. The third kappa shape index (κ3) is 1.87. The van der Waals surface area contributed by atoms with Gasteiger partial charge in [0.1, 0.15) is 12.4 Å². The molecule has 0 bridgehead atoms. The SMILES string of the molecule is NC(=O)c1ccc2c(c1)C(=O)c1ccccc1CO2. The first-order chi connectivity index (χ1) is 9.16. The minimum atomic E-state index is -0.562. The average molecular weight is 253 g/mol. The maximum Gasteiger partial charge on any atom is 0.248 e. The molecule has 0 aliphatic carbocycles. The van der Waals surface area contributed by atoms with Crippen LogP contribution in [0.25, 0.3) is 0 Å². The molecule has 1 aliphatic rings. The number of ketones is 1. The van der Waals surface area contributed by atoms with E-state index in [0.717, 1.165) is 5.56 Å². The third-order valence-corrected chi connectivity index (χ3v) is 3.15. The zero-order valence-electron chi connectivity index (χ0n) is 10.1. The van der Waals surface area contributed by atoms with E-state index in [9.17, 15) is 9.59 Å². The molecule has 19 heavy (non-hydrogen) atoms. The summed E-state index contributed by atoms with van der Waals surface area (Å²) < 4.78 is 5.61. The minimum Gasteiger partial charge on any atom is -0.488 e. The van der Waals surface area contributed by atoms with Gasteiger partial charge in [-0.2, -0.15) is 0 Å². The van der Waals surface area contributed by atoms with Gasteiger partial charge < -0.3 is 10.5 Å². The van der Waals surface area contributed by atoms with Gasteiger partial charge in [-0.3, -0.25) is 9.59 Å². The van der Waals surface area contributed by atoms with E-state index in [-0.39, 0.29) is 5.78 Å². The lowest BCUT2D eigenvalue weighted by molar-refractivity contribution is 0.1000.